The van der Waals surface area contributed by atoms with Gasteiger partial charge in [-0.2, -0.15) is 0 Å². The zero-order valence-corrected chi connectivity index (χ0v) is 14.0. The van der Waals surface area contributed by atoms with E-state index in [2.05, 4.69) is 15.6 Å². The van der Waals surface area contributed by atoms with Crippen LogP contribution in [0.1, 0.15) is 23.6 Å². The standard InChI is InChI=1S/C19H18N4O2/c1-11-7-8-12(2)14(9-11)20-18(25)16-10-17(24)22-19-21-13-5-3-4-6-15(13)23(16)19/h3-9,16H,10H2,1-2H3,(H,20,25)(H,21,22,24)/t16-/m1/s1. The molecule has 1 atom stereocenters. The van der Waals surface area contributed by atoms with Crippen molar-refractivity contribution in [3.63, 3.8) is 0 Å². The Balaban J connectivity index is 1.74. The molecule has 1 aliphatic rings. The number of benzene rings is 2. The van der Waals surface area contributed by atoms with E-state index in [4.69, 9.17) is 0 Å². The molecular weight excluding hydrogens is 316 g/mol. The number of nitrogens with zero attached hydrogens (tertiary/aromatic N) is 2. The van der Waals surface area contributed by atoms with Gasteiger partial charge in [0.05, 0.1) is 17.5 Å². The van der Waals surface area contributed by atoms with E-state index in [0.717, 1.165) is 27.8 Å². The maximum atomic E-state index is 12.9. The summed E-state index contributed by atoms with van der Waals surface area (Å²) >= 11 is 0. The number of carbonyl (C=O) groups excluding carboxylic acids is 2. The molecule has 0 saturated heterocycles. The van der Waals surface area contributed by atoms with Crippen molar-refractivity contribution in [3.05, 3.63) is 53.6 Å². The SMILES string of the molecule is Cc1ccc(C)c(NC(=O)[C@H]2CC(=O)Nc3nc4ccccc4n32)c1. The van der Waals surface area contributed by atoms with Gasteiger partial charge < -0.3 is 5.32 Å². The smallest absolute Gasteiger partial charge is 0.248 e. The summed E-state index contributed by atoms with van der Waals surface area (Å²) in [4.78, 5) is 29.4. The highest BCUT2D eigenvalue weighted by atomic mass is 16.2. The summed E-state index contributed by atoms with van der Waals surface area (Å²) in [6.07, 6.45) is 0.0874. The van der Waals surface area contributed by atoms with Crippen molar-refractivity contribution in [2.75, 3.05) is 10.6 Å². The van der Waals surface area contributed by atoms with Gasteiger partial charge in [-0.3, -0.25) is 19.5 Å². The fourth-order valence-electron chi connectivity index (χ4n) is 3.19. The first kappa shape index (κ1) is 15.4. The van der Waals surface area contributed by atoms with Gasteiger partial charge in [-0.15, -0.1) is 0 Å². The fourth-order valence-corrected chi connectivity index (χ4v) is 3.19. The van der Waals surface area contributed by atoms with Crippen molar-refractivity contribution in [2.24, 2.45) is 0 Å². The molecule has 4 rings (SSSR count). The minimum atomic E-state index is -0.629. The maximum absolute atomic E-state index is 12.9. The van der Waals surface area contributed by atoms with E-state index in [0.29, 0.717) is 5.95 Å². The second-order valence-electron chi connectivity index (χ2n) is 6.37. The van der Waals surface area contributed by atoms with Crippen molar-refractivity contribution >= 4 is 34.5 Å². The minimum absolute atomic E-state index is 0.0874. The molecule has 0 saturated carbocycles. The molecule has 0 radical (unpaired) electrons. The van der Waals surface area contributed by atoms with Crippen molar-refractivity contribution in [1.29, 1.82) is 0 Å². The lowest BCUT2D eigenvalue weighted by Crippen LogP contribution is -2.35. The average molecular weight is 334 g/mol. The molecule has 1 aliphatic heterocycles. The summed E-state index contributed by atoms with van der Waals surface area (Å²) in [5.41, 5.74) is 4.40. The second kappa shape index (κ2) is 5.73. The Labute approximate surface area is 144 Å². The summed E-state index contributed by atoms with van der Waals surface area (Å²) in [5, 5.41) is 5.72. The Kier molecular flexibility index (Phi) is 3.53. The van der Waals surface area contributed by atoms with Gasteiger partial charge in [0.25, 0.3) is 0 Å². The molecule has 2 aromatic carbocycles. The van der Waals surface area contributed by atoms with Gasteiger partial charge in [0.2, 0.25) is 17.8 Å². The molecule has 6 nitrogen and oxygen atoms in total. The zero-order chi connectivity index (χ0) is 17.6. The summed E-state index contributed by atoms with van der Waals surface area (Å²) in [6, 6.07) is 12.8. The van der Waals surface area contributed by atoms with Gasteiger partial charge >= 0.3 is 0 Å². The molecule has 0 aliphatic carbocycles. The maximum Gasteiger partial charge on any atom is 0.248 e. The molecule has 2 amide bonds. The molecule has 0 bridgehead atoms. The summed E-state index contributed by atoms with van der Waals surface area (Å²) < 4.78 is 1.80. The molecule has 0 unspecified atom stereocenters. The van der Waals surface area contributed by atoms with Crippen LogP contribution in [0.4, 0.5) is 11.6 Å². The Morgan fingerprint density at radius 2 is 2.04 bits per heavy atom. The molecule has 25 heavy (non-hydrogen) atoms. The first-order valence-electron chi connectivity index (χ1n) is 8.18. The number of nitrogens with one attached hydrogen (secondary N) is 2. The number of hydrogen-bond donors (Lipinski definition) is 2. The highest BCUT2D eigenvalue weighted by molar-refractivity contribution is 6.03. The lowest BCUT2D eigenvalue weighted by atomic mass is 10.1. The normalized spacial score (nSPS) is 16.4. The average Bonchev–Trinajstić information content (AvgIpc) is 2.95. The lowest BCUT2D eigenvalue weighted by Gasteiger charge is -2.25. The summed E-state index contributed by atoms with van der Waals surface area (Å²) in [5.74, 6) is -0.00422. The molecule has 2 N–H and O–H groups in total. The Hall–Kier alpha value is -3.15. The van der Waals surface area contributed by atoms with E-state index >= 15 is 0 Å². The van der Waals surface area contributed by atoms with Gasteiger partial charge in [-0.05, 0) is 43.2 Å². The number of amides is 2. The number of para-hydroxylation sites is 2. The van der Waals surface area contributed by atoms with Crippen molar-refractivity contribution in [2.45, 2.75) is 26.3 Å². The van der Waals surface area contributed by atoms with Crippen LogP contribution in [0.3, 0.4) is 0 Å². The van der Waals surface area contributed by atoms with E-state index < -0.39 is 6.04 Å². The van der Waals surface area contributed by atoms with Crippen molar-refractivity contribution < 1.29 is 9.59 Å². The summed E-state index contributed by atoms with van der Waals surface area (Å²) in [7, 11) is 0. The number of anilines is 2. The third-order valence-corrected chi connectivity index (χ3v) is 4.49. The van der Waals surface area contributed by atoms with Crippen LogP contribution in [0.5, 0.6) is 0 Å². The van der Waals surface area contributed by atoms with Gasteiger partial charge in [0.15, 0.2) is 0 Å². The van der Waals surface area contributed by atoms with E-state index in [1.165, 1.54) is 0 Å². The number of aryl methyl sites for hydroxylation is 2. The van der Waals surface area contributed by atoms with Crippen LogP contribution in [-0.4, -0.2) is 21.4 Å². The Morgan fingerprint density at radius 3 is 2.88 bits per heavy atom. The fraction of sp³-hybridized carbons (Fsp3) is 0.211. The van der Waals surface area contributed by atoms with Gasteiger partial charge in [-0.25, -0.2) is 4.98 Å². The van der Waals surface area contributed by atoms with Gasteiger partial charge in [-0.1, -0.05) is 24.3 Å². The highest BCUT2D eigenvalue weighted by Gasteiger charge is 2.32. The van der Waals surface area contributed by atoms with Gasteiger partial charge in [0.1, 0.15) is 6.04 Å². The third-order valence-electron chi connectivity index (χ3n) is 4.49. The first-order chi connectivity index (χ1) is 12.0. The molecule has 0 fully saturated rings. The van der Waals surface area contributed by atoms with Crippen LogP contribution < -0.4 is 10.6 Å². The van der Waals surface area contributed by atoms with Gasteiger partial charge in [0, 0.05) is 5.69 Å². The quantitative estimate of drug-likeness (QED) is 0.756. The van der Waals surface area contributed by atoms with E-state index in [1.54, 1.807) is 4.57 Å². The molecule has 126 valence electrons. The molecular formula is C19H18N4O2. The number of carbonyl (C=O) groups is 2. The Morgan fingerprint density at radius 1 is 1.24 bits per heavy atom. The largest absolute Gasteiger partial charge is 0.324 e. The monoisotopic (exact) mass is 334 g/mol. The predicted molar refractivity (Wildman–Crippen MR) is 96.6 cm³/mol. The second-order valence-corrected chi connectivity index (χ2v) is 6.37. The number of aromatic nitrogens is 2. The number of fused-ring (bicyclic) bond motifs is 3. The van der Waals surface area contributed by atoms with Crippen molar-refractivity contribution in [3.8, 4) is 0 Å². The van der Waals surface area contributed by atoms with Crippen LogP contribution in [0, 0.1) is 13.8 Å². The third kappa shape index (κ3) is 2.65. The van der Waals surface area contributed by atoms with Crippen molar-refractivity contribution in [1.82, 2.24) is 9.55 Å². The van der Waals surface area contributed by atoms with E-state index in [1.807, 2.05) is 56.3 Å². The Bertz CT molecular complexity index is 1010. The van der Waals surface area contributed by atoms with E-state index in [9.17, 15) is 9.59 Å². The first-order valence-corrected chi connectivity index (χ1v) is 8.18. The molecule has 3 aromatic rings. The predicted octanol–water partition coefficient (Wildman–Crippen LogP) is 3.18. The van der Waals surface area contributed by atoms with Crippen LogP contribution >= 0.6 is 0 Å². The lowest BCUT2D eigenvalue weighted by molar-refractivity contribution is -0.124. The van der Waals surface area contributed by atoms with Crippen LogP contribution in [0.2, 0.25) is 0 Å². The summed E-state index contributed by atoms with van der Waals surface area (Å²) in [6.45, 7) is 3.92. The zero-order valence-electron chi connectivity index (χ0n) is 14.0. The van der Waals surface area contributed by atoms with E-state index in [-0.39, 0.29) is 18.2 Å². The highest BCUT2D eigenvalue weighted by Crippen LogP contribution is 2.31. The number of rotatable bonds is 2. The van der Waals surface area contributed by atoms with Crippen LogP contribution in [0.15, 0.2) is 42.5 Å². The minimum Gasteiger partial charge on any atom is -0.324 e. The molecule has 1 aromatic heterocycles. The van der Waals surface area contributed by atoms with Crippen LogP contribution in [0.25, 0.3) is 11.0 Å². The molecule has 2 heterocycles. The van der Waals surface area contributed by atoms with Crippen LogP contribution in [-0.2, 0) is 9.59 Å². The number of hydrogen-bond acceptors (Lipinski definition) is 3. The molecule has 0 spiro atoms. The topological polar surface area (TPSA) is 76.0 Å². The molecule has 6 heteroatoms. The number of imidazole rings is 1.